The number of nitrogens with zero attached hydrogens (tertiary/aromatic N) is 2. The molecule has 0 N–H and O–H groups in total. The second-order valence-electron chi connectivity index (χ2n) is 6.68. The van der Waals surface area contributed by atoms with Crippen LogP contribution < -0.4 is 0 Å². The monoisotopic (exact) mass is 294 g/mol. The summed E-state index contributed by atoms with van der Waals surface area (Å²) in [7, 11) is 0. The van der Waals surface area contributed by atoms with E-state index in [2.05, 4.69) is 4.98 Å². The molecule has 0 saturated carbocycles. The van der Waals surface area contributed by atoms with Crippen molar-refractivity contribution in [3.05, 3.63) is 29.6 Å². The molecule has 2 saturated heterocycles. The standard InChI is InChI=1S/C16H20F2N2O/c1-10-6-11(9-19-8-10)13-5-4-12-7-15(2,16(3,17)18)14(21)20(12)13/h6,8-9,12-13H,4-5,7H2,1-3H3/t12-,13-,15-/m0/s1. The van der Waals surface area contributed by atoms with E-state index >= 15 is 0 Å². The molecular formula is C16H20F2N2O. The molecule has 0 aliphatic carbocycles. The van der Waals surface area contributed by atoms with Gasteiger partial charge in [-0.1, -0.05) is 6.07 Å². The first-order valence-corrected chi connectivity index (χ1v) is 7.36. The van der Waals surface area contributed by atoms with Gasteiger partial charge in [0.15, 0.2) is 0 Å². The molecule has 0 spiro atoms. The van der Waals surface area contributed by atoms with E-state index in [1.165, 1.54) is 6.92 Å². The fourth-order valence-electron chi connectivity index (χ4n) is 3.69. The van der Waals surface area contributed by atoms with Crippen molar-refractivity contribution in [3.8, 4) is 0 Å². The molecule has 3 atom stereocenters. The van der Waals surface area contributed by atoms with Crippen molar-refractivity contribution in [2.75, 3.05) is 0 Å². The van der Waals surface area contributed by atoms with Gasteiger partial charge in [0.25, 0.3) is 5.92 Å². The first kappa shape index (κ1) is 14.4. The Bertz CT molecular complexity index is 584. The van der Waals surface area contributed by atoms with Gasteiger partial charge in [-0.3, -0.25) is 9.78 Å². The Morgan fingerprint density at radius 1 is 1.38 bits per heavy atom. The highest BCUT2D eigenvalue weighted by Crippen LogP contribution is 2.54. The number of pyridine rings is 1. The Morgan fingerprint density at radius 2 is 2.10 bits per heavy atom. The Hall–Kier alpha value is -1.52. The number of carbonyl (C=O) groups is 1. The van der Waals surface area contributed by atoms with Crippen LogP contribution in [0.3, 0.4) is 0 Å². The number of hydrogen-bond acceptors (Lipinski definition) is 2. The van der Waals surface area contributed by atoms with Crippen LogP contribution in [0, 0.1) is 12.3 Å². The molecule has 1 amide bonds. The quantitative estimate of drug-likeness (QED) is 0.836. The zero-order valence-corrected chi connectivity index (χ0v) is 12.6. The van der Waals surface area contributed by atoms with Gasteiger partial charge in [-0.2, -0.15) is 0 Å². The van der Waals surface area contributed by atoms with E-state index in [0.717, 1.165) is 30.9 Å². The highest BCUT2D eigenvalue weighted by Gasteiger charge is 2.62. The van der Waals surface area contributed by atoms with Crippen LogP contribution in [0.2, 0.25) is 0 Å². The molecule has 21 heavy (non-hydrogen) atoms. The predicted molar refractivity (Wildman–Crippen MR) is 74.9 cm³/mol. The fourth-order valence-corrected chi connectivity index (χ4v) is 3.69. The minimum absolute atomic E-state index is 0.0705. The van der Waals surface area contributed by atoms with E-state index in [9.17, 15) is 13.6 Å². The molecule has 114 valence electrons. The van der Waals surface area contributed by atoms with Gasteiger partial charge in [-0.15, -0.1) is 0 Å². The molecule has 5 heteroatoms. The van der Waals surface area contributed by atoms with Crippen molar-refractivity contribution < 1.29 is 13.6 Å². The Kier molecular flexibility index (Phi) is 3.08. The second kappa shape index (κ2) is 4.49. The number of halogens is 2. The molecule has 1 aromatic heterocycles. The van der Waals surface area contributed by atoms with Crippen LogP contribution in [-0.4, -0.2) is 27.8 Å². The normalized spacial score (nSPS) is 32.6. The fraction of sp³-hybridized carbons (Fsp3) is 0.625. The highest BCUT2D eigenvalue weighted by atomic mass is 19.3. The summed E-state index contributed by atoms with van der Waals surface area (Å²) in [6.07, 6.45) is 5.35. The first-order chi connectivity index (χ1) is 9.74. The topological polar surface area (TPSA) is 33.2 Å². The largest absolute Gasteiger partial charge is 0.332 e. The molecule has 2 aliphatic heterocycles. The summed E-state index contributed by atoms with van der Waals surface area (Å²) in [5.41, 5.74) is 0.397. The predicted octanol–water partition coefficient (Wildman–Crippen LogP) is 3.49. The molecule has 2 fully saturated rings. The third-order valence-electron chi connectivity index (χ3n) is 5.10. The SMILES string of the molecule is Cc1cncc([C@@H]2CC[C@H]3C[C@](C)(C(C)(F)F)C(=O)N32)c1. The zero-order valence-electron chi connectivity index (χ0n) is 12.6. The lowest BCUT2D eigenvalue weighted by Gasteiger charge is -2.31. The third kappa shape index (κ3) is 2.05. The van der Waals surface area contributed by atoms with Gasteiger partial charge in [0, 0.05) is 25.4 Å². The summed E-state index contributed by atoms with van der Waals surface area (Å²) < 4.78 is 27.8. The van der Waals surface area contributed by atoms with Crippen LogP contribution in [-0.2, 0) is 4.79 Å². The van der Waals surface area contributed by atoms with Gasteiger partial charge in [0.2, 0.25) is 5.91 Å². The number of carbonyl (C=O) groups excluding carboxylic acids is 1. The van der Waals surface area contributed by atoms with Crippen molar-refractivity contribution in [1.29, 1.82) is 0 Å². The van der Waals surface area contributed by atoms with Crippen molar-refractivity contribution in [2.45, 2.75) is 58.0 Å². The second-order valence-corrected chi connectivity index (χ2v) is 6.68. The van der Waals surface area contributed by atoms with Crippen LogP contribution in [0.4, 0.5) is 8.78 Å². The van der Waals surface area contributed by atoms with Crippen LogP contribution >= 0.6 is 0 Å². The lowest BCUT2D eigenvalue weighted by molar-refractivity contribution is -0.156. The molecule has 0 unspecified atom stereocenters. The van der Waals surface area contributed by atoms with Gasteiger partial charge in [0.05, 0.1) is 6.04 Å². The number of fused-ring (bicyclic) bond motifs is 1. The van der Waals surface area contributed by atoms with Gasteiger partial charge in [-0.05, 0) is 44.2 Å². The maximum Gasteiger partial charge on any atom is 0.259 e. The summed E-state index contributed by atoms with van der Waals surface area (Å²) in [5.74, 6) is -3.41. The minimum atomic E-state index is -3.00. The van der Waals surface area contributed by atoms with E-state index < -0.39 is 17.2 Å². The average Bonchev–Trinajstić information content (AvgIpc) is 2.89. The molecule has 0 bridgehead atoms. The molecule has 3 nitrogen and oxygen atoms in total. The van der Waals surface area contributed by atoms with Gasteiger partial charge in [-0.25, -0.2) is 8.78 Å². The Labute approximate surface area is 123 Å². The van der Waals surface area contributed by atoms with Gasteiger partial charge < -0.3 is 4.90 Å². The summed E-state index contributed by atoms with van der Waals surface area (Å²) in [5, 5.41) is 0. The zero-order chi connectivity index (χ0) is 15.4. The van der Waals surface area contributed by atoms with E-state index in [1.54, 1.807) is 17.3 Å². The molecule has 1 aromatic rings. The Morgan fingerprint density at radius 3 is 2.71 bits per heavy atom. The van der Waals surface area contributed by atoms with Gasteiger partial charge >= 0.3 is 0 Å². The number of rotatable bonds is 2. The summed E-state index contributed by atoms with van der Waals surface area (Å²) >= 11 is 0. The lowest BCUT2D eigenvalue weighted by atomic mass is 9.80. The van der Waals surface area contributed by atoms with E-state index in [1.807, 2.05) is 13.0 Å². The van der Waals surface area contributed by atoms with E-state index in [-0.39, 0.29) is 18.5 Å². The summed E-state index contributed by atoms with van der Waals surface area (Å²) in [6.45, 7) is 4.20. The minimum Gasteiger partial charge on any atom is -0.332 e. The summed E-state index contributed by atoms with van der Waals surface area (Å²) in [6, 6.07) is 1.81. The van der Waals surface area contributed by atoms with E-state index in [0.29, 0.717) is 0 Å². The van der Waals surface area contributed by atoms with Crippen molar-refractivity contribution in [2.24, 2.45) is 5.41 Å². The molecular weight excluding hydrogens is 274 g/mol. The maximum absolute atomic E-state index is 13.9. The van der Waals surface area contributed by atoms with Crippen LogP contribution in [0.25, 0.3) is 0 Å². The van der Waals surface area contributed by atoms with E-state index in [4.69, 9.17) is 0 Å². The van der Waals surface area contributed by atoms with Crippen molar-refractivity contribution >= 4 is 5.91 Å². The van der Waals surface area contributed by atoms with Crippen LogP contribution in [0.5, 0.6) is 0 Å². The number of aryl methyl sites for hydroxylation is 1. The lowest BCUT2D eigenvalue weighted by Crippen LogP contribution is -2.44. The number of amides is 1. The molecule has 3 rings (SSSR count). The van der Waals surface area contributed by atoms with Crippen LogP contribution in [0.15, 0.2) is 18.5 Å². The van der Waals surface area contributed by atoms with Gasteiger partial charge in [0.1, 0.15) is 5.41 Å². The molecule has 3 heterocycles. The number of alkyl halides is 2. The average molecular weight is 294 g/mol. The number of aromatic nitrogens is 1. The maximum atomic E-state index is 13.9. The Balaban J connectivity index is 1.95. The third-order valence-corrected chi connectivity index (χ3v) is 5.10. The number of hydrogen-bond donors (Lipinski definition) is 0. The molecule has 0 aromatic carbocycles. The van der Waals surface area contributed by atoms with Crippen LogP contribution in [0.1, 0.15) is 50.3 Å². The highest BCUT2D eigenvalue weighted by molar-refractivity contribution is 5.87. The molecule has 2 aliphatic rings. The smallest absolute Gasteiger partial charge is 0.259 e. The summed E-state index contributed by atoms with van der Waals surface area (Å²) in [4.78, 5) is 18.5. The molecule has 0 radical (unpaired) electrons. The van der Waals surface area contributed by atoms with Crippen molar-refractivity contribution in [1.82, 2.24) is 9.88 Å². The first-order valence-electron chi connectivity index (χ1n) is 7.36. The van der Waals surface area contributed by atoms with Crippen molar-refractivity contribution in [3.63, 3.8) is 0 Å².